The molecule has 0 aliphatic heterocycles. The Labute approximate surface area is 125 Å². The molecule has 1 saturated carbocycles. The van der Waals surface area contributed by atoms with Crippen molar-refractivity contribution in [2.75, 3.05) is 0 Å². The molecule has 1 aliphatic rings. The lowest BCUT2D eigenvalue weighted by molar-refractivity contribution is 0.521. The number of aromatic nitrogens is 1. The van der Waals surface area contributed by atoms with Crippen molar-refractivity contribution in [1.29, 1.82) is 0 Å². The topological polar surface area (TPSA) is 38.9 Å². The van der Waals surface area contributed by atoms with Gasteiger partial charge in [-0.3, -0.25) is 0 Å². The zero-order valence-corrected chi connectivity index (χ0v) is 12.8. The van der Waals surface area contributed by atoms with Crippen LogP contribution >= 0.6 is 11.3 Å². The standard InChI is InChI=1S/C17H22N2S/c1-2-12-8-9-14(10-12)17-19-16(15(11-18)20-17)13-6-4-3-5-7-13/h3-7,12,14H,2,8-11,18H2,1H3. The molecule has 0 saturated heterocycles. The Hall–Kier alpha value is -1.19. The first-order valence-electron chi connectivity index (χ1n) is 7.56. The highest BCUT2D eigenvalue weighted by Gasteiger charge is 2.28. The van der Waals surface area contributed by atoms with Gasteiger partial charge in [-0.25, -0.2) is 4.98 Å². The van der Waals surface area contributed by atoms with Gasteiger partial charge in [-0.15, -0.1) is 11.3 Å². The highest BCUT2D eigenvalue weighted by molar-refractivity contribution is 7.12. The first-order chi connectivity index (χ1) is 9.81. The molecule has 1 fully saturated rings. The van der Waals surface area contributed by atoms with E-state index in [4.69, 9.17) is 10.7 Å². The van der Waals surface area contributed by atoms with Crippen LogP contribution in [0, 0.1) is 5.92 Å². The van der Waals surface area contributed by atoms with E-state index < -0.39 is 0 Å². The van der Waals surface area contributed by atoms with Crippen LogP contribution < -0.4 is 5.73 Å². The summed E-state index contributed by atoms with van der Waals surface area (Å²) in [4.78, 5) is 6.17. The fraction of sp³-hybridized carbons (Fsp3) is 0.471. The lowest BCUT2D eigenvalue weighted by Gasteiger charge is -2.06. The van der Waals surface area contributed by atoms with Crippen LogP contribution in [0.4, 0.5) is 0 Å². The quantitative estimate of drug-likeness (QED) is 0.894. The fourth-order valence-corrected chi connectivity index (χ4v) is 4.29. The van der Waals surface area contributed by atoms with Gasteiger partial charge in [0.25, 0.3) is 0 Å². The number of hydrogen-bond donors (Lipinski definition) is 1. The third kappa shape index (κ3) is 2.65. The van der Waals surface area contributed by atoms with Crippen LogP contribution in [0.3, 0.4) is 0 Å². The second-order valence-corrected chi connectivity index (χ2v) is 6.79. The minimum Gasteiger partial charge on any atom is -0.326 e. The van der Waals surface area contributed by atoms with E-state index in [2.05, 4.69) is 31.2 Å². The molecule has 2 unspecified atom stereocenters. The average molecular weight is 286 g/mol. The van der Waals surface area contributed by atoms with Gasteiger partial charge in [-0.1, -0.05) is 43.7 Å². The molecule has 3 heteroatoms. The van der Waals surface area contributed by atoms with Crippen LogP contribution in [0.2, 0.25) is 0 Å². The van der Waals surface area contributed by atoms with Gasteiger partial charge in [-0.05, 0) is 25.2 Å². The summed E-state index contributed by atoms with van der Waals surface area (Å²) >= 11 is 1.83. The third-order valence-electron chi connectivity index (χ3n) is 4.41. The second-order valence-electron chi connectivity index (χ2n) is 5.68. The van der Waals surface area contributed by atoms with Crippen molar-refractivity contribution in [2.24, 2.45) is 11.7 Å². The Balaban J connectivity index is 1.90. The molecule has 0 amide bonds. The van der Waals surface area contributed by atoms with Crippen molar-refractivity contribution >= 4 is 11.3 Å². The third-order valence-corrected chi connectivity index (χ3v) is 5.65. The van der Waals surface area contributed by atoms with Gasteiger partial charge in [0.05, 0.1) is 10.7 Å². The summed E-state index contributed by atoms with van der Waals surface area (Å²) < 4.78 is 0. The van der Waals surface area contributed by atoms with E-state index in [0.717, 1.165) is 11.6 Å². The minimum atomic E-state index is 0.589. The van der Waals surface area contributed by atoms with Gasteiger partial charge < -0.3 is 5.73 Å². The lowest BCUT2D eigenvalue weighted by Crippen LogP contribution is -1.95. The number of nitrogens with two attached hydrogens (primary N) is 1. The van der Waals surface area contributed by atoms with Crippen LogP contribution in [0.1, 0.15) is 48.4 Å². The molecule has 2 nitrogen and oxygen atoms in total. The molecule has 2 N–H and O–H groups in total. The Morgan fingerprint density at radius 1 is 1.25 bits per heavy atom. The monoisotopic (exact) mass is 286 g/mol. The molecule has 1 heterocycles. The molecule has 106 valence electrons. The predicted octanol–water partition coefficient (Wildman–Crippen LogP) is 4.56. The van der Waals surface area contributed by atoms with Gasteiger partial charge in [0.15, 0.2) is 0 Å². The van der Waals surface area contributed by atoms with Gasteiger partial charge in [0.2, 0.25) is 0 Å². The maximum absolute atomic E-state index is 5.92. The van der Waals surface area contributed by atoms with Crippen LogP contribution in [-0.4, -0.2) is 4.98 Å². The number of rotatable bonds is 4. The van der Waals surface area contributed by atoms with Crippen LogP contribution in [0.5, 0.6) is 0 Å². The zero-order valence-electron chi connectivity index (χ0n) is 12.0. The lowest BCUT2D eigenvalue weighted by atomic mass is 10.0. The van der Waals surface area contributed by atoms with Crippen LogP contribution in [0.25, 0.3) is 11.3 Å². The van der Waals surface area contributed by atoms with E-state index in [0.29, 0.717) is 12.5 Å². The highest BCUT2D eigenvalue weighted by atomic mass is 32.1. The summed E-state index contributed by atoms with van der Waals surface area (Å²) in [6, 6.07) is 10.4. The number of thiazole rings is 1. The zero-order chi connectivity index (χ0) is 13.9. The summed E-state index contributed by atoms with van der Waals surface area (Å²) in [5, 5.41) is 1.31. The molecule has 0 spiro atoms. The predicted molar refractivity (Wildman–Crippen MR) is 85.8 cm³/mol. The molecule has 1 aliphatic carbocycles. The first kappa shape index (κ1) is 13.8. The largest absolute Gasteiger partial charge is 0.326 e. The Kier molecular flexibility index (Phi) is 4.18. The number of benzene rings is 1. The molecule has 2 aromatic rings. The van der Waals surface area contributed by atoms with Crippen molar-refractivity contribution in [1.82, 2.24) is 4.98 Å². The molecule has 1 aromatic carbocycles. The molecule has 0 bridgehead atoms. The second kappa shape index (κ2) is 6.06. The molecule has 1 aromatic heterocycles. The first-order valence-corrected chi connectivity index (χ1v) is 8.38. The van der Waals surface area contributed by atoms with Crippen LogP contribution in [-0.2, 0) is 6.54 Å². The molecule has 3 rings (SSSR count). The van der Waals surface area contributed by atoms with Gasteiger partial charge in [0, 0.05) is 22.9 Å². The van der Waals surface area contributed by atoms with E-state index in [1.54, 1.807) is 0 Å². The Morgan fingerprint density at radius 2 is 2.05 bits per heavy atom. The van der Waals surface area contributed by atoms with Gasteiger partial charge in [0.1, 0.15) is 0 Å². The Bertz CT molecular complexity index is 562. The molecule has 0 radical (unpaired) electrons. The van der Waals surface area contributed by atoms with Crippen molar-refractivity contribution in [3.05, 3.63) is 40.2 Å². The minimum absolute atomic E-state index is 0.589. The summed E-state index contributed by atoms with van der Waals surface area (Å²) in [7, 11) is 0. The highest BCUT2D eigenvalue weighted by Crippen LogP contribution is 2.42. The summed E-state index contributed by atoms with van der Waals surface area (Å²) in [5.41, 5.74) is 8.22. The van der Waals surface area contributed by atoms with E-state index in [-0.39, 0.29) is 0 Å². The number of hydrogen-bond acceptors (Lipinski definition) is 3. The normalized spacial score (nSPS) is 22.3. The van der Waals surface area contributed by atoms with E-state index in [1.165, 1.54) is 41.1 Å². The summed E-state index contributed by atoms with van der Waals surface area (Å²) in [6.07, 6.45) is 5.27. The van der Waals surface area contributed by atoms with Crippen molar-refractivity contribution in [2.45, 2.75) is 45.1 Å². The average Bonchev–Trinajstić information content (AvgIpc) is 3.14. The molecular weight excluding hydrogens is 264 g/mol. The van der Waals surface area contributed by atoms with E-state index >= 15 is 0 Å². The van der Waals surface area contributed by atoms with E-state index in [9.17, 15) is 0 Å². The van der Waals surface area contributed by atoms with Gasteiger partial charge in [-0.2, -0.15) is 0 Å². The maximum atomic E-state index is 5.92. The molecular formula is C17H22N2S. The molecule has 2 atom stereocenters. The van der Waals surface area contributed by atoms with Crippen LogP contribution in [0.15, 0.2) is 30.3 Å². The smallest absolute Gasteiger partial charge is 0.0966 e. The summed E-state index contributed by atoms with van der Waals surface area (Å²) in [6.45, 7) is 2.89. The Morgan fingerprint density at radius 3 is 2.70 bits per heavy atom. The fourth-order valence-electron chi connectivity index (χ4n) is 3.17. The van der Waals surface area contributed by atoms with Crippen molar-refractivity contribution in [3.8, 4) is 11.3 Å². The molecule has 20 heavy (non-hydrogen) atoms. The SMILES string of the molecule is CCC1CCC(c2nc(-c3ccccc3)c(CN)s2)C1. The maximum Gasteiger partial charge on any atom is 0.0966 e. The van der Waals surface area contributed by atoms with Gasteiger partial charge >= 0.3 is 0 Å². The number of nitrogens with zero attached hydrogens (tertiary/aromatic N) is 1. The van der Waals surface area contributed by atoms with Crippen molar-refractivity contribution < 1.29 is 0 Å². The van der Waals surface area contributed by atoms with E-state index in [1.807, 2.05) is 17.4 Å². The summed E-state index contributed by atoms with van der Waals surface area (Å²) in [5.74, 6) is 1.55. The van der Waals surface area contributed by atoms with Crippen molar-refractivity contribution in [3.63, 3.8) is 0 Å².